The molecule has 0 aromatic rings. The molecule has 2 atom stereocenters. The van der Waals surface area contributed by atoms with Crippen LogP contribution in [0.4, 0.5) is 0 Å². The second kappa shape index (κ2) is 5.88. The first-order valence-corrected chi connectivity index (χ1v) is 1.91. The molecule has 7 heavy (non-hydrogen) atoms. The number of ether oxygens (including phenoxy) is 1. The molecular weight excluding hydrogens is 96.0 g/mol. The minimum atomic E-state index is -1.27. The first kappa shape index (κ1) is 3.83. The van der Waals surface area contributed by atoms with Crippen LogP contribution in [0, 0.1) is 0 Å². The van der Waals surface area contributed by atoms with Crippen LogP contribution in [0.3, 0.4) is 0 Å². The average Bonchev–Trinajstić information content (AvgIpc) is 1.63. The maximum atomic E-state index is 8.26. The van der Waals surface area contributed by atoms with Gasteiger partial charge in [-0.1, -0.05) is 0 Å². The summed E-state index contributed by atoms with van der Waals surface area (Å²) in [6, 6.07) is 0. The average molecular weight is 108 g/mol. The normalized spacial score (nSPS) is 22.6. The third-order valence-electron chi connectivity index (χ3n) is 0.385. The van der Waals surface area contributed by atoms with Gasteiger partial charge in [-0.3, -0.25) is 0 Å². The molecule has 0 fully saturated rings. The van der Waals surface area contributed by atoms with E-state index in [0.717, 1.165) is 0 Å². The summed E-state index contributed by atoms with van der Waals surface area (Å²) in [6.07, 6.45) is 0. The molecule has 0 heterocycles. The first-order chi connectivity index (χ1) is 4.13. The number of aliphatic hydroxyl groups is 2. The van der Waals surface area contributed by atoms with E-state index >= 15 is 0 Å². The number of hydrogen-bond acceptors (Lipinski definition) is 3. The SMILES string of the molecule is [2H]C(O)COCC([2H])O. The van der Waals surface area contributed by atoms with E-state index in [4.69, 9.17) is 13.0 Å². The van der Waals surface area contributed by atoms with E-state index in [-0.39, 0.29) is 13.2 Å². The summed E-state index contributed by atoms with van der Waals surface area (Å²) in [7, 11) is 0. The standard InChI is InChI=1S/C4H10O3/c5-1-3-7-4-2-6/h5-6H,1-4H2/i1D,2D. The summed E-state index contributed by atoms with van der Waals surface area (Å²) in [6.45, 7) is -2.86. The van der Waals surface area contributed by atoms with E-state index in [0.29, 0.717) is 0 Å². The van der Waals surface area contributed by atoms with Gasteiger partial charge in [-0.15, -0.1) is 0 Å². The minimum Gasteiger partial charge on any atom is -0.394 e. The van der Waals surface area contributed by atoms with Crippen LogP contribution in [0.1, 0.15) is 2.74 Å². The summed E-state index contributed by atoms with van der Waals surface area (Å²) >= 11 is 0. The molecule has 2 N–H and O–H groups in total. The zero-order chi connectivity index (χ0) is 7.28. The highest BCUT2D eigenvalue weighted by Crippen LogP contribution is 1.68. The van der Waals surface area contributed by atoms with Crippen LogP contribution in [0.25, 0.3) is 0 Å². The Kier molecular flexibility index (Phi) is 3.22. The van der Waals surface area contributed by atoms with Gasteiger partial charge in [-0.2, -0.15) is 0 Å². The van der Waals surface area contributed by atoms with Crippen LogP contribution >= 0.6 is 0 Å². The molecule has 3 nitrogen and oxygen atoms in total. The Hall–Kier alpha value is -0.120. The molecule has 0 saturated heterocycles. The number of hydrogen-bond donors (Lipinski definition) is 2. The topological polar surface area (TPSA) is 49.7 Å². The van der Waals surface area contributed by atoms with Crippen molar-refractivity contribution in [3.8, 4) is 0 Å². The van der Waals surface area contributed by atoms with E-state index in [2.05, 4.69) is 4.74 Å². The van der Waals surface area contributed by atoms with Gasteiger partial charge < -0.3 is 14.9 Å². The molecule has 0 aliphatic carbocycles. The summed E-state index contributed by atoms with van der Waals surface area (Å²) < 4.78 is 17.5. The van der Waals surface area contributed by atoms with Crippen molar-refractivity contribution < 1.29 is 17.7 Å². The van der Waals surface area contributed by atoms with E-state index in [1.165, 1.54) is 0 Å². The fraction of sp³-hybridized carbons (Fsp3) is 1.00. The Labute approximate surface area is 45.3 Å². The van der Waals surface area contributed by atoms with Gasteiger partial charge in [0, 0.05) is 0 Å². The minimum absolute atomic E-state index is 0.157. The molecule has 0 aliphatic rings. The van der Waals surface area contributed by atoms with Crippen LogP contribution in [0.2, 0.25) is 0 Å². The van der Waals surface area contributed by atoms with Crippen molar-refractivity contribution >= 4 is 0 Å². The molecule has 0 bridgehead atoms. The van der Waals surface area contributed by atoms with Crippen molar-refractivity contribution in [2.75, 3.05) is 26.4 Å². The van der Waals surface area contributed by atoms with Crippen LogP contribution in [0.5, 0.6) is 0 Å². The predicted molar refractivity (Wildman–Crippen MR) is 25.0 cm³/mol. The Morgan fingerprint density at radius 2 is 1.71 bits per heavy atom. The maximum Gasteiger partial charge on any atom is 0.0698 e. The largest absolute Gasteiger partial charge is 0.394 e. The second-order valence-electron chi connectivity index (χ2n) is 0.903. The molecule has 44 valence electrons. The van der Waals surface area contributed by atoms with Crippen molar-refractivity contribution in [2.24, 2.45) is 0 Å². The van der Waals surface area contributed by atoms with Crippen LogP contribution < -0.4 is 0 Å². The Bertz CT molecular complexity index is 58.8. The van der Waals surface area contributed by atoms with Crippen molar-refractivity contribution in [3.05, 3.63) is 0 Å². The molecule has 0 radical (unpaired) electrons. The quantitative estimate of drug-likeness (QED) is 0.485. The lowest BCUT2D eigenvalue weighted by Crippen LogP contribution is -2.03. The summed E-state index contributed by atoms with van der Waals surface area (Å²) in [4.78, 5) is 0. The summed E-state index contributed by atoms with van der Waals surface area (Å²) in [5.74, 6) is 0. The molecule has 0 aromatic carbocycles. The second-order valence-corrected chi connectivity index (χ2v) is 0.903. The third-order valence-corrected chi connectivity index (χ3v) is 0.385. The first-order valence-electron chi connectivity index (χ1n) is 3.06. The monoisotopic (exact) mass is 108 g/mol. The highest BCUT2D eigenvalue weighted by Gasteiger charge is 1.79. The van der Waals surface area contributed by atoms with E-state index < -0.39 is 13.2 Å². The zero-order valence-electron chi connectivity index (χ0n) is 5.87. The van der Waals surface area contributed by atoms with Crippen molar-refractivity contribution in [1.82, 2.24) is 0 Å². The van der Waals surface area contributed by atoms with Crippen molar-refractivity contribution in [1.29, 1.82) is 0 Å². The lowest BCUT2D eigenvalue weighted by molar-refractivity contribution is 0.0650. The molecule has 0 aliphatic heterocycles. The van der Waals surface area contributed by atoms with E-state index in [1.807, 2.05) is 0 Å². The van der Waals surface area contributed by atoms with Crippen LogP contribution in [-0.2, 0) is 4.74 Å². The predicted octanol–water partition coefficient (Wildman–Crippen LogP) is -1.01. The zero-order valence-corrected chi connectivity index (χ0v) is 3.87. The third kappa shape index (κ3) is 5.88. The molecule has 0 spiro atoms. The van der Waals surface area contributed by atoms with Gasteiger partial charge >= 0.3 is 0 Å². The fourth-order valence-electron chi connectivity index (χ4n) is 0.173. The van der Waals surface area contributed by atoms with Gasteiger partial charge in [0.05, 0.1) is 29.1 Å². The Morgan fingerprint density at radius 3 is 2.00 bits per heavy atom. The van der Waals surface area contributed by atoms with Gasteiger partial charge in [-0.05, 0) is 0 Å². The van der Waals surface area contributed by atoms with Crippen LogP contribution in [-0.4, -0.2) is 36.6 Å². The molecule has 0 rings (SSSR count). The Balaban J connectivity index is 2.91. The van der Waals surface area contributed by atoms with Crippen molar-refractivity contribution in [3.63, 3.8) is 0 Å². The molecule has 0 amide bonds. The fourth-order valence-corrected chi connectivity index (χ4v) is 0.173. The molecule has 3 heteroatoms. The highest BCUT2D eigenvalue weighted by molar-refractivity contribution is 4.24. The lowest BCUT2D eigenvalue weighted by Gasteiger charge is -1.94. The van der Waals surface area contributed by atoms with Gasteiger partial charge in [0.15, 0.2) is 0 Å². The molecule has 0 aromatic heterocycles. The van der Waals surface area contributed by atoms with Gasteiger partial charge in [0.25, 0.3) is 0 Å². The molecular formula is C4H10O3. The van der Waals surface area contributed by atoms with Crippen molar-refractivity contribution in [2.45, 2.75) is 0 Å². The van der Waals surface area contributed by atoms with E-state index in [9.17, 15) is 0 Å². The van der Waals surface area contributed by atoms with E-state index in [1.54, 1.807) is 0 Å². The smallest absolute Gasteiger partial charge is 0.0698 e. The number of rotatable bonds is 4. The highest BCUT2D eigenvalue weighted by atomic mass is 16.5. The van der Waals surface area contributed by atoms with Gasteiger partial charge in [0.1, 0.15) is 0 Å². The van der Waals surface area contributed by atoms with Gasteiger partial charge in [0.2, 0.25) is 0 Å². The summed E-state index contributed by atoms with van der Waals surface area (Å²) in [5, 5.41) is 16.5. The summed E-state index contributed by atoms with van der Waals surface area (Å²) in [5.41, 5.74) is 0. The Morgan fingerprint density at radius 1 is 1.29 bits per heavy atom. The van der Waals surface area contributed by atoms with Gasteiger partial charge in [-0.25, -0.2) is 0 Å². The molecule has 0 saturated carbocycles. The van der Waals surface area contributed by atoms with Crippen LogP contribution in [0.15, 0.2) is 0 Å². The number of aliphatic hydroxyl groups excluding tert-OH is 2. The molecule has 2 unspecified atom stereocenters. The maximum absolute atomic E-state index is 8.26. The lowest BCUT2D eigenvalue weighted by atomic mass is 10.7.